The molecule has 1 atom stereocenters. The van der Waals surface area contributed by atoms with Crippen LogP contribution in [0.2, 0.25) is 0 Å². The van der Waals surface area contributed by atoms with Crippen molar-refractivity contribution in [1.29, 1.82) is 0 Å². The summed E-state index contributed by atoms with van der Waals surface area (Å²) in [5, 5.41) is 13.4. The lowest BCUT2D eigenvalue weighted by Crippen LogP contribution is -2.22. The van der Waals surface area contributed by atoms with Crippen LogP contribution in [0.5, 0.6) is 11.5 Å². The van der Waals surface area contributed by atoms with Crippen molar-refractivity contribution in [1.82, 2.24) is 9.97 Å². The van der Waals surface area contributed by atoms with Crippen molar-refractivity contribution in [3.63, 3.8) is 0 Å². The van der Waals surface area contributed by atoms with E-state index >= 15 is 0 Å². The molecule has 1 aromatic heterocycles. The van der Waals surface area contributed by atoms with Gasteiger partial charge < -0.3 is 25.1 Å². The fraction of sp³-hybridized carbons (Fsp3) is 0.167. The van der Waals surface area contributed by atoms with Gasteiger partial charge in [0.1, 0.15) is 5.75 Å². The van der Waals surface area contributed by atoms with Crippen molar-refractivity contribution in [2.75, 3.05) is 11.9 Å². The van der Waals surface area contributed by atoms with Crippen LogP contribution >= 0.6 is 12.2 Å². The Morgan fingerprint density at radius 3 is 2.58 bits per heavy atom. The van der Waals surface area contributed by atoms with Gasteiger partial charge in [0.25, 0.3) is 0 Å². The lowest BCUT2D eigenvalue weighted by Gasteiger charge is -2.15. The lowest BCUT2D eigenvalue weighted by molar-refractivity contribution is 0.187. The maximum absolute atomic E-state index is 10.2. The van der Waals surface area contributed by atoms with E-state index in [1.165, 1.54) is 0 Å². The Morgan fingerprint density at radius 1 is 1.08 bits per heavy atom. The highest BCUT2D eigenvalue weighted by Crippen LogP contribution is 2.29. The lowest BCUT2D eigenvalue weighted by atomic mass is 10.2. The number of aliphatic hydroxyl groups excluding tert-OH is 1. The summed E-state index contributed by atoms with van der Waals surface area (Å²) in [6, 6.07) is 17.3. The summed E-state index contributed by atoms with van der Waals surface area (Å²) in [6.07, 6.45) is 1.72. The van der Waals surface area contributed by atoms with E-state index in [1.54, 1.807) is 6.20 Å². The SMILES string of the molecule is OC(CNc1ccccc1Oc1ccccc1)Cc1c[nH]c(=S)[nH]1. The molecule has 124 valence electrons. The molecule has 3 rings (SSSR count). The van der Waals surface area contributed by atoms with Crippen LogP contribution in [-0.2, 0) is 6.42 Å². The summed E-state index contributed by atoms with van der Waals surface area (Å²) in [5.41, 5.74) is 1.71. The molecule has 0 aliphatic rings. The zero-order valence-corrected chi connectivity index (χ0v) is 13.8. The third-order valence-corrected chi connectivity index (χ3v) is 3.71. The van der Waals surface area contributed by atoms with Gasteiger partial charge >= 0.3 is 0 Å². The summed E-state index contributed by atoms with van der Waals surface area (Å²) in [4.78, 5) is 5.89. The molecule has 6 heteroatoms. The molecule has 4 N–H and O–H groups in total. The first-order chi connectivity index (χ1) is 11.7. The quantitative estimate of drug-likeness (QED) is 0.492. The van der Waals surface area contributed by atoms with Gasteiger partial charge in [0.15, 0.2) is 10.5 Å². The number of anilines is 1. The highest BCUT2D eigenvalue weighted by atomic mass is 32.1. The molecule has 2 aromatic carbocycles. The molecule has 0 spiro atoms. The van der Waals surface area contributed by atoms with Crippen LogP contribution in [0, 0.1) is 4.77 Å². The van der Waals surface area contributed by atoms with Gasteiger partial charge in [-0.1, -0.05) is 30.3 Å². The van der Waals surface area contributed by atoms with Crippen molar-refractivity contribution in [3.8, 4) is 11.5 Å². The standard InChI is InChI=1S/C18H19N3O2S/c22-14(10-13-11-20-18(24)21-13)12-19-16-8-4-5-9-17(16)23-15-6-2-1-3-7-15/h1-9,11,14,19,22H,10,12H2,(H2,20,21,24). The molecule has 0 amide bonds. The Hall–Kier alpha value is -2.57. The maximum Gasteiger partial charge on any atom is 0.174 e. The molecule has 0 radical (unpaired) electrons. The zero-order chi connectivity index (χ0) is 16.8. The normalized spacial score (nSPS) is 11.9. The third kappa shape index (κ3) is 4.47. The second kappa shape index (κ2) is 7.81. The van der Waals surface area contributed by atoms with Crippen molar-refractivity contribution < 1.29 is 9.84 Å². The van der Waals surface area contributed by atoms with Crippen LogP contribution in [0.4, 0.5) is 5.69 Å². The summed E-state index contributed by atoms with van der Waals surface area (Å²) in [5.74, 6) is 1.49. The van der Waals surface area contributed by atoms with Crippen molar-refractivity contribution in [2.45, 2.75) is 12.5 Å². The minimum absolute atomic E-state index is 0.404. The van der Waals surface area contributed by atoms with Gasteiger partial charge in [0, 0.05) is 24.9 Å². The molecular weight excluding hydrogens is 322 g/mol. The van der Waals surface area contributed by atoms with E-state index in [-0.39, 0.29) is 0 Å². The van der Waals surface area contributed by atoms with E-state index in [9.17, 15) is 5.11 Å². The summed E-state index contributed by atoms with van der Waals surface area (Å²) in [7, 11) is 0. The largest absolute Gasteiger partial charge is 0.455 e. The molecule has 0 aliphatic heterocycles. The van der Waals surface area contributed by atoms with E-state index < -0.39 is 6.10 Å². The van der Waals surface area contributed by atoms with Gasteiger partial charge in [-0.05, 0) is 36.5 Å². The van der Waals surface area contributed by atoms with Crippen molar-refractivity contribution in [2.24, 2.45) is 0 Å². The number of hydrogen-bond donors (Lipinski definition) is 4. The van der Waals surface area contributed by atoms with Crippen LogP contribution in [-0.4, -0.2) is 27.7 Å². The fourth-order valence-corrected chi connectivity index (χ4v) is 2.54. The highest BCUT2D eigenvalue weighted by molar-refractivity contribution is 7.71. The fourth-order valence-electron chi connectivity index (χ4n) is 2.35. The van der Waals surface area contributed by atoms with Gasteiger partial charge in [-0.15, -0.1) is 0 Å². The van der Waals surface area contributed by atoms with Crippen LogP contribution in [0.1, 0.15) is 5.69 Å². The Balaban J connectivity index is 1.61. The third-order valence-electron chi connectivity index (χ3n) is 3.49. The average Bonchev–Trinajstić information content (AvgIpc) is 3.00. The number of para-hydroxylation sites is 3. The second-order valence-corrected chi connectivity index (χ2v) is 5.83. The number of aromatic nitrogens is 2. The summed E-state index contributed by atoms with van der Waals surface area (Å²) < 4.78 is 6.46. The molecule has 0 saturated carbocycles. The van der Waals surface area contributed by atoms with Gasteiger partial charge in [0.05, 0.1) is 11.8 Å². The monoisotopic (exact) mass is 341 g/mol. The number of H-pyrrole nitrogens is 2. The predicted molar refractivity (Wildman–Crippen MR) is 97.1 cm³/mol. The first-order valence-corrected chi connectivity index (χ1v) is 8.12. The number of hydrogen-bond acceptors (Lipinski definition) is 4. The van der Waals surface area contributed by atoms with Crippen LogP contribution in [0.25, 0.3) is 0 Å². The molecule has 0 bridgehead atoms. The predicted octanol–water partition coefficient (Wildman–Crippen LogP) is 3.88. The van der Waals surface area contributed by atoms with E-state index in [4.69, 9.17) is 17.0 Å². The summed E-state index contributed by atoms with van der Waals surface area (Å²) >= 11 is 4.98. The number of nitrogens with one attached hydrogen (secondary N) is 3. The molecule has 0 fully saturated rings. The summed E-state index contributed by atoms with van der Waals surface area (Å²) in [6.45, 7) is 0.404. The Morgan fingerprint density at radius 2 is 1.83 bits per heavy atom. The molecule has 1 unspecified atom stereocenters. The number of benzene rings is 2. The highest BCUT2D eigenvalue weighted by Gasteiger charge is 2.09. The number of ether oxygens (including phenoxy) is 1. The smallest absolute Gasteiger partial charge is 0.174 e. The van der Waals surface area contributed by atoms with Gasteiger partial charge in [-0.25, -0.2) is 0 Å². The van der Waals surface area contributed by atoms with Crippen molar-refractivity contribution in [3.05, 3.63) is 71.3 Å². The number of aliphatic hydroxyl groups is 1. The maximum atomic E-state index is 10.2. The Kier molecular flexibility index (Phi) is 5.30. The molecule has 0 aliphatic carbocycles. The number of rotatable bonds is 7. The first kappa shape index (κ1) is 16.3. The average molecular weight is 341 g/mol. The molecule has 5 nitrogen and oxygen atoms in total. The topological polar surface area (TPSA) is 73.1 Å². The van der Waals surface area contributed by atoms with Crippen LogP contribution in [0.3, 0.4) is 0 Å². The molecule has 3 aromatic rings. The van der Waals surface area contributed by atoms with Crippen LogP contribution < -0.4 is 10.1 Å². The Bertz CT molecular complexity index is 829. The first-order valence-electron chi connectivity index (χ1n) is 7.71. The Labute approximate surface area is 145 Å². The molecule has 0 saturated heterocycles. The van der Waals surface area contributed by atoms with Crippen LogP contribution in [0.15, 0.2) is 60.8 Å². The van der Waals surface area contributed by atoms with Gasteiger partial charge in [-0.2, -0.15) is 0 Å². The van der Waals surface area contributed by atoms with E-state index in [1.807, 2.05) is 54.6 Å². The molecule has 1 heterocycles. The van der Waals surface area contributed by atoms with Gasteiger partial charge in [-0.3, -0.25) is 0 Å². The van der Waals surface area contributed by atoms with E-state index in [0.29, 0.717) is 17.7 Å². The zero-order valence-electron chi connectivity index (χ0n) is 13.0. The van der Waals surface area contributed by atoms with Crippen molar-refractivity contribution >= 4 is 17.9 Å². The second-order valence-electron chi connectivity index (χ2n) is 5.42. The van der Waals surface area contributed by atoms with E-state index in [2.05, 4.69) is 15.3 Å². The minimum atomic E-state index is -0.545. The van der Waals surface area contributed by atoms with E-state index in [0.717, 1.165) is 22.9 Å². The van der Waals surface area contributed by atoms with Gasteiger partial charge in [0.2, 0.25) is 0 Å². The number of aromatic amines is 2. The molecular formula is C18H19N3O2S. The number of imidazole rings is 1. The minimum Gasteiger partial charge on any atom is -0.455 e. The molecule has 24 heavy (non-hydrogen) atoms.